The third-order valence-electron chi connectivity index (χ3n) is 4.52. The molecule has 1 unspecified atom stereocenters. The summed E-state index contributed by atoms with van der Waals surface area (Å²) in [5, 5.41) is 1.99. The van der Waals surface area contributed by atoms with E-state index < -0.39 is 5.60 Å². The van der Waals surface area contributed by atoms with E-state index in [1.54, 1.807) is 11.9 Å². The van der Waals surface area contributed by atoms with Crippen LogP contribution in [0.25, 0.3) is 0 Å². The van der Waals surface area contributed by atoms with E-state index in [0.717, 1.165) is 11.4 Å². The summed E-state index contributed by atoms with van der Waals surface area (Å²) < 4.78 is 11.6. The van der Waals surface area contributed by atoms with E-state index in [0.29, 0.717) is 19.7 Å². The van der Waals surface area contributed by atoms with Crippen molar-refractivity contribution in [2.75, 3.05) is 13.6 Å². The van der Waals surface area contributed by atoms with Crippen molar-refractivity contribution in [1.29, 1.82) is 0 Å². The smallest absolute Gasteiger partial charge is 0.410 e. The molecule has 0 aromatic heterocycles. The molecule has 3 rings (SSSR count). The third kappa shape index (κ3) is 6.52. The number of hydrazine groups is 1. The van der Waals surface area contributed by atoms with E-state index in [9.17, 15) is 4.79 Å². The fraction of sp³-hybridized carbons (Fsp3) is 0.375. The van der Waals surface area contributed by atoms with Gasteiger partial charge in [0.15, 0.2) is 0 Å². The van der Waals surface area contributed by atoms with Crippen molar-refractivity contribution >= 4 is 6.09 Å². The van der Waals surface area contributed by atoms with Gasteiger partial charge >= 0.3 is 6.09 Å². The summed E-state index contributed by atoms with van der Waals surface area (Å²) in [7, 11) is 1.74. The third-order valence-corrected chi connectivity index (χ3v) is 4.52. The quantitative estimate of drug-likeness (QED) is 0.739. The Morgan fingerprint density at radius 3 is 2.23 bits per heavy atom. The maximum absolute atomic E-state index is 12.3. The van der Waals surface area contributed by atoms with Crippen LogP contribution in [0.5, 0.6) is 0 Å². The number of hydrogen-bond acceptors (Lipinski definition) is 5. The molecule has 0 bridgehead atoms. The SMILES string of the molecule is CN(CC1C=C(OCc2ccccc2)N(Cc2ccccc2)N1)C(=O)OC(C)(C)C. The van der Waals surface area contributed by atoms with E-state index >= 15 is 0 Å². The van der Waals surface area contributed by atoms with Crippen molar-refractivity contribution in [3.8, 4) is 0 Å². The summed E-state index contributed by atoms with van der Waals surface area (Å²) in [6.07, 6.45) is 1.68. The molecule has 1 aliphatic heterocycles. The van der Waals surface area contributed by atoms with Crippen molar-refractivity contribution in [2.45, 2.75) is 45.6 Å². The molecular formula is C24H31N3O3. The number of carbonyl (C=O) groups excluding carboxylic acids is 1. The van der Waals surface area contributed by atoms with Crippen LogP contribution in [0, 0.1) is 0 Å². The highest BCUT2D eigenvalue weighted by Crippen LogP contribution is 2.20. The van der Waals surface area contributed by atoms with Gasteiger partial charge in [-0.3, -0.25) is 5.01 Å². The molecule has 1 amide bonds. The van der Waals surface area contributed by atoms with Gasteiger partial charge in [0.05, 0.1) is 12.6 Å². The van der Waals surface area contributed by atoms with Gasteiger partial charge in [-0.15, -0.1) is 0 Å². The van der Waals surface area contributed by atoms with E-state index in [-0.39, 0.29) is 12.1 Å². The van der Waals surface area contributed by atoms with Crippen LogP contribution in [0.2, 0.25) is 0 Å². The van der Waals surface area contributed by atoms with Crippen LogP contribution in [-0.2, 0) is 22.6 Å². The Bertz CT molecular complexity index is 847. The summed E-state index contributed by atoms with van der Waals surface area (Å²) in [4.78, 5) is 13.9. The van der Waals surface area contributed by atoms with E-state index in [1.807, 2.05) is 80.4 Å². The van der Waals surface area contributed by atoms with Crippen LogP contribution in [-0.4, -0.2) is 41.2 Å². The number of amides is 1. The Morgan fingerprint density at radius 1 is 1.03 bits per heavy atom. The Balaban J connectivity index is 1.66. The number of carbonyl (C=O) groups is 1. The van der Waals surface area contributed by atoms with Gasteiger partial charge < -0.3 is 14.4 Å². The lowest BCUT2D eigenvalue weighted by Gasteiger charge is -2.27. The maximum atomic E-state index is 12.3. The number of rotatable bonds is 7. The minimum absolute atomic E-state index is 0.0722. The van der Waals surface area contributed by atoms with Gasteiger partial charge in [-0.25, -0.2) is 10.2 Å². The first-order valence-corrected chi connectivity index (χ1v) is 10.2. The molecule has 1 aliphatic rings. The lowest BCUT2D eigenvalue weighted by molar-refractivity contribution is 0.0275. The maximum Gasteiger partial charge on any atom is 0.410 e. The van der Waals surface area contributed by atoms with Crippen LogP contribution >= 0.6 is 0 Å². The van der Waals surface area contributed by atoms with Crippen molar-refractivity contribution in [1.82, 2.24) is 15.3 Å². The second-order valence-corrected chi connectivity index (χ2v) is 8.45. The molecule has 160 valence electrons. The molecule has 0 fully saturated rings. The van der Waals surface area contributed by atoms with Gasteiger partial charge in [-0.1, -0.05) is 60.7 Å². The van der Waals surface area contributed by atoms with E-state index in [1.165, 1.54) is 5.56 Å². The largest absolute Gasteiger partial charge is 0.473 e. The first-order chi connectivity index (χ1) is 14.3. The zero-order valence-electron chi connectivity index (χ0n) is 18.2. The number of hydrogen-bond donors (Lipinski definition) is 1. The fourth-order valence-corrected chi connectivity index (χ4v) is 3.11. The van der Waals surface area contributed by atoms with Crippen molar-refractivity contribution in [3.63, 3.8) is 0 Å². The van der Waals surface area contributed by atoms with Gasteiger partial charge in [0, 0.05) is 13.6 Å². The summed E-state index contributed by atoms with van der Waals surface area (Å²) in [5.41, 5.74) is 5.19. The fourth-order valence-electron chi connectivity index (χ4n) is 3.11. The van der Waals surface area contributed by atoms with Crippen molar-refractivity contribution < 1.29 is 14.3 Å². The predicted octanol–water partition coefficient (Wildman–Crippen LogP) is 4.30. The molecule has 6 nitrogen and oxygen atoms in total. The Hall–Kier alpha value is -2.99. The number of nitrogens with one attached hydrogen (secondary N) is 1. The van der Waals surface area contributed by atoms with E-state index in [2.05, 4.69) is 17.6 Å². The second kappa shape index (κ2) is 9.67. The first-order valence-electron chi connectivity index (χ1n) is 10.2. The lowest BCUT2D eigenvalue weighted by atomic mass is 10.2. The Kier molecular flexibility index (Phi) is 7.00. The van der Waals surface area contributed by atoms with Crippen molar-refractivity contribution in [2.24, 2.45) is 0 Å². The second-order valence-electron chi connectivity index (χ2n) is 8.45. The first kappa shape index (κ1) is 21.7. The number of benzene rings is 2. The molecule has 1 atom stereocenters. The van der Waals surface area contributed by atoms with Crippen LogP contribution in [0.3, 0.4) is 0 Å². The van der Waals surface area contributed by atoms with Crippen LogP contribution in [0.4, 0.5) is 4.79 Å². The van der Waals surface area contributed by atoms with Crippen LogP contribution < -0.4 is 5.43 Å². The van der Waals surface area contributed by atoms with E-state index in [4.69, 9.17) is 9.47 Å². The molecule has 6 heteroatoms. The summed E-state index contributed by atoms with van der Waals surface area (Å²) >= 11 is 0. The topological polar surface area (TPSA) is 54.0 Å². The standard InChI is InChI=1S/C24H31N3O3/c1-24(2,3)30-23(28)26(4)17-21-15-22(29-18-20-13-9-6-10-14-20)27(25-21)16-19-11-7-5-8-12-19/h5-15,21,25H,16-18H2,1-4H3. The number of likely N-dealkylation sites (N-methyl/N-ethyl adjacent to an activating group) is 1. The van der Waals surface area contributed by atoms with Gasteiger partial charge in [-0.05, 0) is 38.0 Å². The molecular weight excluding hydrogens is 378 g/mol. The average molecular weight is 410 g/mol. The zero-order chi connectivity index (χ0) is 21.6. The van der Waals surface area contributed by atoms with Crippen LogP contribution in [0.1, 0.15) is 31.9 Å². The minimum atomic E-state index is -0.520. The monoisotopic (exact) mass is 409 g/mol. The highest BCUT2D eigenvalue weighted by atomic mass is 16.6. The molecule has 0 aliphatic carbocycles. The van der Waals surface area contributed by atoms with Gasteiger partial charge in [0.2, 0.25) is 5.88 Å². The highest BCUT2D eigenvalue weighted by Gasteiger charge is 2.28. The predicted molar refractivity (Wildman–Crippen MR) is 117 cm³/mol. The van der Waals surface area contributed by atoms with Gasteiger partial charge in [0.1, 0.15) is 12.2 Å². The summed E-state index contributed by atoms with van der Waals surface area (Å²) in [5.74, 6) is 0.755. The average Bonchev–Trinajstić information content (AvgIpc) is 3.07. The summed E-state index contributed by atoms with van der Waals surface area (Å²) in [6, 6.07) is 20.2. The molecule has 2 aromatic rings. The van der Waals surface area contributed by atoms with Gasteiger partial charge in [0.25, 0.3) is 0 Å². The zero-order valence-corrected chi connectivity index (χ0v) is 18.2. The minimum Gasteiger partial charge on any atom is -0.473 e. The number of nitrogens with zero attached hydrogens (tertiary/aromatic N) is 2. The molecule has 0 saturated heterocycles. The van der Waals surface area contributed by atoms with Crippen molar-refractivity contribution in [3.05, 3.63) is 83.7 Å². The Morgan fingerprint density at radius 2 is 1.63 bits per heavy atom. The molecule has 1 N–H and O–H groups in total. The Labute approximate surface area is 179 Å². The number of ether oxygens (including phenoxy) is 2. The van der Waals surface area contributed by atoms with Crippen LogP contribution in [0.15, 0.2) is 72.6 Å². The molecule has 1 heterocycles. The lowest BCUT2D eigenvalue weighted by Crippen LogP contribution is -2.45. The normalized spacial score (nSPS) is 16.2. The molecule has 0 saturated carbocycles. The molecule has 0 spiro atoms. The molecule has 30 heavy (non-hydrogen) atoms. The van der Waals surface area contributed by atoms with Gasteiger partial charge in [-0.2, -0.15) is 0 Å². The summed E-state index contributed by atoms with van der Waals surface area (Å²) in [6.45, 7) is 7.21. The molecule has 0 radical (unpaired) electrons. The molecule has 2 aromatic carbocycles. The highest BCUT2D eigenvalue weighted by molar-refractivity contribution is 5.67.